The fourth-order valence-corrected chi connectivity index (χ4v) is 6.15. The van der Waals surface area contributed by atoms with Crippen molar-refractivity contribution in [1.82, 2.24) is 4.98 Å². The molecule has 6 nitrogen and oxygen atoms in total. The van der Waals surface area contributed by atoms with Crippen LogP contribution in [0, 0.1) is 19.3 Å². The number of rotatable bonds is 9. The Hall–Kier alpha value is -3.90. The Morgan fingerprint density at radius 3 is 2.25 bits per heavy atom. The summed E-state index contributed by atoms with van der Waals surface area (Å²) in [6.45, 7) is 16.4. The molecule has 5 rings (SSSR count). The van der Waals surface area contributed by atoms with Crippen LogP contribution in [0.15, 0.2) is 66.7 Å². The third-order valence-corrected chi connectivity index (χ3v) is 8.59. The van der Waals surface area contributed by atoms with Gasteiger partial charge in [-0.3, -0.25) is 4.98 Å². The second kappa shape index (κ2) is 12.6. The normalized spacial score (nSPS) is 15.8. The Balaban J connectivity index is 1.46. The highest BCUT2D eigenvalue weighted by molar-refractivity contribution is 5.88. The van der Waals surface area contributed by atoms with Crippen molar-refractivity contribution in [1.29, 1.82) is 0 Å². The Morgan fingerprint density at radius 2 is 1.61 bits per heavy atom. The largest absolute Gasteiger partial charge is 0.493 e. The van der Waals surface area contributed by atoms with Gasteiger partial charge >= 0.3 is 5.97 Å². The standard InChI is InChI=1S/C38H46N2O4/c1-25-32(29-14-16-31(17-15-29)43-23-18-27-12-13-28-10-8-9-11-30(28)24-27)34(40-21-19-38(6,7)20-22-40)33(26(2)39-25)35(36(41)42)44-37(3,4)5/h8-17,24,35H,18-23H2,1-7H3,(H,41,42)/t35-/m0/s1. The molecule has 1 saturated heterocycles. The topological polar surface area (TPSA) is 71.9 Å². The average Bonchev–Trinajstić information content (AvgIpc) is 2.96. The van der Waals surface area contributed by atoms with Crippen molar-refractivity contribution in [3.8, 4) is 16.9 Å². The van der Waals surface area contributed by atoms with Gasteiger partial charge in [0.2, 0.25) is 0 Å². The van der Waals surface area contributed by atoms with E-state index >= 15 is 0 Å². The number of pyridine rings is 1. The number of carboxylic acids is 1. The number of carbonyl (C=O) groups is 1. The molecule has 1 aliphatic rings. The van der Waals surface area contributed by atoms with Crippen molar-refractivity contribution < 1.29 is 19.4 Å². The lowest BCUT2D eigenvalue weighted by molar-refractivity contribution is -0.160. The molecule has 0 aliphatic carbocycles. The van der Waals surface area contributed by atoms with Gasteiger partial charge in [-0.15, -0.1) is 0 Å². The minimum absolute atomic E-state index is 0.244. The highest BCUT2D eigenvalue weighted by Crippen LogP contribution is 2.45. The fraction of sp³-hybridized carbons (Fsp3) is 0.421. The number of benzene rings is 3. The molecule has 1 fully saturated rings. The van der Waals surface area contributed by atoms with Crippen LogP contribution in [0.25, 0.3) is 21.9 Å². The Bertz CT molecular complexity index is 1630. The summed E-state index contributed by atoms with van der Waals surface area (Å²) in [7, 11) is 0. The van der Waals surface area contributed by atoms with Crippen LogP contribution in [-0.4, -0.2) is 41.4 Å². The summed E-state index contributed by atoms with van der Waals surface area (Å²) in [4.78, 5) is 20.0. The molecule has 0 bridgehead atoms. The molecule has 0 spiro atoms. The first kappa shape index (κ1) is 31.5. The molecule has 6 heteroatoms. The van der Waals surface area contributed by atoms with Crippen LogP contribution in [0.2, 0.25) is 0 Å². The zero-order valence-electron chi connectivity index (χ0n) is 27.2. The molecular weight excluding hydrogens is 548 g/mol. The Morgan fingerprint density at radius 1 is 0.955 bits per heavy atom. The van der Waals surface area contributed by atoms with Crippen LogP contribution in [0.1, 0.15) is 76.1 Å². The van der Waals surface area contributed by atoms with Gasteiger partial charge in [-0.05, 0) is 86.9 Å². The van der Waals surface area contributed by atoms with E-state index < -0.39 is 17.7 Å². The predicted molar refractivity (Wildman–Crippen MR) is 179 cm³/mol. The van der Waals surface area contributed by atoms with E-state index in [1.807, 2.05) is 46.8 Å². The number of piperidine rings is 1. The van der Waals surface area contributed by atoms with E-state index in [1.165, 1.54) is 16.3 Å². The molecule has 1 aromatic heterocycles. The number of hydrogen-bond donors (Lipinski definition) is 1. The van der Waals surface area contributed by atoms with Crippen LogP contribution in [-0.2, 0) is 16.0 Å². The minimum atomic E-state index is -1.13. The molecule has 232 valence electrons. The van der Waals surface area contributed by atoms with Crippen LogP contribution in [0.4, 0.5) is 5.69 Å². The molecular formula is C38H46N2O4. The van der Waals surface area contributed by atoms with E-state index in [9.17, 15) is 9.90 Å². The number of carboxylic acid groups (broad SMARTS) is 1. The van der Waals surface area contributed by atoms with Crippen molar-refractivity contribution in [2.24, 2.45) is 5.41 Å². The highest BCUT2D eigenvalue weighted by Gasteiger charge is 2.36. The minimum Gasteiger partial charge on any atom is -0.493 e. The fourth-order valence-electron chi connectivity index (χ4n) is 6.15. The maximum Gasteiger partial charge on any atom is 0.337 e. The third-order valence-electron chi connectivity index (χ3n) is 8.59. The van der Waals surface area contributed by atoms with Gasteiger partial charge in [-0.25, -0.2) is 4.79 Å². The maximum atomic E-state index is 12.7. The lowest BCUT2D eigenvalue weighted by atomic mass is 9.82. The number of aliphatic carboxylic acids is 1. The van der Waals surface area contributed by atoms with Gasteiger partial charge in [0.1, 0.15) is 5.75 Å². The predicted octanol–water partition coefficient (Wildman–Crippen LogP) is 8.71. The summed E-state index contributed by atoms with van der Waals surface area (Å²) in [5.74, 6) is -0.207. The SMILES string of the molecule is Cc1nc(C)c([C@H](OC(C)(C)C)C(=O)O)c(N2CCC(C)(C)CC2)c1-c1ccc(OCCc2ccc3ccccc3c2)cc1. The molecule has 1 N–H and O–H groups in total. The van der Waals surface area contributed by atoms with Gasteiger partial charge in [0.05, 0.1) is 17.9 Å². The van der Waals surface area contributed by atoms with Crippen molar-refractivity contribution in [2.75, 3.05) is 24.6 Å². The van der Waals surface area contributed by atoms with Crippen molar-refractivity contribution in [2.45, 2.75) is 79.4 Å². The molecule has 2 heterocycles. The molecule has 44 heavy (non-hydrogen) atoms. The monoisotopic (exact) mass is 594 g/mol. The molecule has 0 unspecified atom stereocenters. The first-order valence-corrected chi connectivity index (χ1v) is 15.7. The van der Waals surface area contributed by atoms with E-state index in [2.05, 4.69) is 73.3 Å². The summed E-state index contributed by atoms with van der Waals surface area (Å²) >= 11 is 0. The molecule has 0 radical (unpaired) electrons. The maximum absolute atomic E-state index is 12.7. The van der Waals surface area contributed by atoms with E-state index in [1.54, 1.807) is 0 Å². The molecule has 1 atom stereocenters. The second-order valence-electron chi connectivity index (χ2n) is 13.8. The number of aromatic nitrogens is 1. The van der Waals surface area contributed by atoms with E-state index in [0.29, 0.717) is 17.9 Å². The number of anilines is 1. The zero-order valence-corrected chi connectivity index (χ0v) is 27.2. The van der Waals surface area contributed by atoms with E-state index in [-0.39, 0.29) is 5.41 Å². The van der Waals surface area contributed by atoms with Gasteiger partial charge in [-0.1, -0.05) is 68.4 Å². The number of aryl methyl sites for hydroxylation is 2. The summed E-state index contributed by atoms with van der Waals surface area (Å²) in [5.41, 5.74) is 5.91. The van der Waals surface area contributed by atoms with Gasteiger partial charge < -0.3 is 19.5 Å². The smallest absolute Gasteiger partial charge is 0.337 e. The molecule has 0 saturated carbocycles. The van der Waals surface area contributed by atoms with Gasteiger partial charge in [0.15, 0.2) is 6.10 Å². The quantitative estimate of drug-likeness (QED) is 0.209. The van der Waals surface area contributed by atoms with Crippen LogP contribution in [0.3, 0.4) is 0 Å². The molecule has 0 amide bonds. The molecule has 1 aliphatic heterocycles. The van der Waals surface area contributed by atoms with E-state index in [4.69, 9.17) is 14.5 Å². The summed E-state index contributed by atoms with van der Waals surface area (Å²) in [6.07, 6.45) is 1.73. The molecule has 3 aromatic carbocycles. The van der Waals surface area contributed by atoms with Crippen molar-refractivity contribution in [3.63, 3.8) is 0 Å². The lowest BCUT2D eigenvalue weighted by Gasteiger charge is -2.41. The number of ether oxygens (including phenoxy) is 2. The lowest BCUT2D eigenvalue weighted by Crippen LogP contribution is -2.39. The zero-order chi connectivity index (χ0) is 31.6. The number of nitrogens with zero attached hydrogens (tertiary/aromatic N) is 2. The third kappa shape index (κ3) is 7.24. The van der Waals surface area contributed by atoms with Crippen molar-refractivity contribution in [3.05, 3.63) is 89.2 Å². The first-order valence-electron chi connectivity index (χ1n) is 15.7. The number of hydrogen-bond acceptors (Lipinski definition) is 5. The summed E-state index contributed by atoms with van der Waals surface area (Å²) < 4.78 is 12.4. The summed E-state index contributed by atoms with van der Waals surface area (Å²) in [5, 5.41) is 12.9. The van der Waals surface area contributed by atoms with Crippen LogP contribution in [0.5, 0.6) is 5.75 Å². The first-order chi connectivity index (χ1) is 20.8. The van der Waals surface area contributed by atoms with Crippen LogP contribution < -0.4 is 9.64 Å². The van der Waals surface area contributed by atoms with Gasteiger partial charge in [-0.2, -0.15) is 0 Å². The molecule has 4 aromatic rings. The highest BCUT2D eigenvalue weighted by atomic mass is 16.5. The van der Waals surface area contributed by atoms with E-state index in [0.717, 1.165) is 60.6 Å². The Kier molecular flexibility index (Phi) is 9.03. The average molecular weight is 595 g/mol. The Labute approximate surface area is 262 Å². The van der Waals surface area contributed by atoms with Crippen molar-refractivity contribution >= 4 is 22.4 Å². The number of fused-ring (bicyclic) bond motifs is 1. The van der Waals surface area contributed by atoms with Crippen LogP contribution >= 0.6 is 0 Å². The summed E-state index contributed by atoms with van der Waals surface area (Å²) in [6, 6.07) is 23.1. The van der Waals surface area contributed by atoms with Gasteiger partial charge in [0, 0.05) is 42.0 Å². The second-order valence-corrected chi connectivity index (χ2v) is 13.8. The van der Waals surface area contributed by atoms with Gasteiger partial charge in [0.25, 0.3) is 0 Å².